The Bertz CT molecular complexity index is 1050. The minimum absolute atomic E-state index is 0.189. The molecule has 3 aromatic heterocycles. The number of anilines is 2. The van der Waals surface area contributed by atoms with Crippen LogP contribution in [0.1, 0.15) is 29.3 Å². The molecule has 4 rings (SSSR count). The van der Waals surface area contributed by atoms with Gasteiger partial charge in [0.1, 0.15) is 11.9 Å². The van der Waals surface area contributed by atoms with Gasteiger partial charge in [-0.2, -0.15) is 10.4 Å². The van der Waals surface area contributed by atoms with Gasteiger partial charge in [0.25, 0.3) is 5.91 Å². The molecule has 0 bridgehead atoms. The summed E-state index contributed by atoms with van der Waals surface area (Å²) in [4.78, 5) is 18.5. The van der Waals surface area contributed by atoms with E-state index in [-0.39, 0.29) is 6.04 Å². The number of rotatable bonds is 4. The van der Waals surface area contributed by atoms with E-state index in [4.69, 9.17) is 11.0 Å². The van der Waals surface area contributed by atoms with Gasteiger partial charge < -0.3 is 16.0 Å². The molecule has 142 valence electrons. The lowest BCUT2D eigenvalue weighted by molar-refractivity contribution is 0.100. The molecule has 8 heteroatoms. The summed E-state index contributed by atoms with van der Waals surface area (Å²) in [6.45, 7) is 3.83. The van der Waals surface area contributed by atoms with E-state index in [0.717, 1.165) is 36.5 Å². The third-order valence-electron chi connectivity index (χ3n) is 5.27. The summed E-state index contributed by atoms with van der Waals surface area (Å²) in [5, 5.41) is 16.7. The molecule has 1 aliphatic heterocycles. The predicted molar refractivity (Wildman–Crippen MR) is 106 cm³/mol. The van der Waals surface area contributed by atoms with E-state index in [9.17, 15) is 4.79 Å². The Morgan fingerprint density at radius 3 is 2.89 bits per heavy atom. The molecule has 1 saturated heterocycles. The lowest BCUT2D eigenvalue weighted by atomic mass is 9.93. The fourth-order valence-corrected chi connectivity index (χ4v) is 3.72. The van der Waals surface area contributed by atoms with Crippen molar-refractivity contribution in [2.75, 3.05) is 23.3 Å². The molecule has 1 fully saturated rings. The second kappa shape index (κ2) is 7.19. The maximum absolute atomic E-state index is 11.9. The average molecular weight is 375 g/mol. The van der Waals surface area contributed by atoms with Gasteiger partial charge in [0, 0.05) is 31.5 Å². The molecular formula is C20H21N7O. The number of hydrogen-bond acceptors (Lipinski definition) is 6. The normalized spacial score (nSPS) is 19.4. The lowest BCUT2D eigenvalue weighted by Gasteiger charge is -2.38. The number of piperidine rings is 1. The number of nitriles is 1. The zero-order chi connectivity index (χ0) is 19.7. The Balaban J connectivity index is 1.54. The van der Waals surface area contributed by atoms with Gasteiger partial charge in [-0.15, -0.1) is 0 Å². The van der Waals surface area contributed by atoms with Gasteiger partial charge in [-0.3, -0.25) is 4.79 Å². The highest BCUT2D eigenvalue weighted by Gasteiger charge is 2.28. The zero-order valence-electron chi connectivity index (χ0n) is 15.5. The summed E-state index contributed by atoms with van der Waals surface area (Å²) in [6, 6.07) is 9.76. The Morgan fingerprint density at radius 1 is 1.36 bits per heavy atom. The Morgan fingerprint density at radius 2 is 2.21 bits per heavy atom. The first-order chi connectivity index (χ1) is 13.6. The van der Waals surface area contributed by atoms with Crippen molar-refractivity contribution in [3.05, 3.63) is 54.0 Å². The largest absolute Gasteiger partial charge is 0.379 e. The fourth-order valence-electron chi connectivity index (χ4n) is 3.72. The third kappa shape index (κ3) is 3.22. The van der Waals surface area contributed by atoms with E-state index in [0.29, 0.717) is 17.0 Å². The smallest absolute Gasteiger partial charge is 0.252 e. The SMILES string of the molecule is C[C@H]1CN(c2ccc(C#N)cn2)CC[C@H]1Nc1c(C(N)=O)cnn2cccc12. The lowest BCUT2D eigenvalue weighted by Crippen LogP contribution is -2.45. The molecule has 4 heterocycles. The molecule has 28 heavy (non-hydrogen) atoms. The maximum Gasteiger partial charge on any atom is 0.252 e. The molecule has 0 spiro atoms. The van der Waals surface area contributed by atoms with Gasteiger partial charge >= 0.3 is 0 Å². The van der Waals surface area contributed by atoms with Gasteiger partial charge in [0.15, 0.2) is 0 Å². The minimum Gasteiger partial charge on any atom is -0.379 e. The number of carbonyl (C=O) groups excluding carboxylic acids is 1. The van der Waals surface area contributed by atoms with E-state index < -0.39 is 5.91 Å². The summed E-state index contributed by atoms with van der Waals surface area (Å²) in [6.07, 6.45) is 5.84. The molecule has 8 nitrogen and oxygen atoms in total. The van der Waals surface area contributed by atoms with Crippen LogP contribution in [0.2, 0.25) is 0 Å². The van der Waals surface area contributed by atoms with E-state index in [1.165, 1.54) is 6.20 Å². The van der Waals surface area contributed by atoms with Crippen LogP contribution in [0, 0.1) is 17.2 Å². The molecule has 0 radical (unpaired) electrons. The predicted octanol–water partition coefficient (Wildman–Crippen LogP) is 2.03. The van der Waals surface area contributed by atoms with Crippen molar-refractivity contribution >= 4 is 22.9 Å². The number of pyridine rings is 1. The van der Waals surface area contributed by atoms with Crippen LogP contribution in [0.3, 0.4) is 0 Å². The molecule has 1 amide bonds. The van der Waals surface area contributed by atoms with Crippen molar-refractivity contribution in [2.24, 2.45) is 11.7 Å². The van der Waals surface area contributed by atoms with Gasteiger partial charge in [-0.1, -0.05) is 6.92 Å². The van der Waals surface area contributed by atoms with Gasteiger partial charge in [-0.25, -0.2) is 9.50 Å². The highest BCUT2D eigenvalue weighted by Crippen LogP contribution is 2.28. The highest BCUT2D eigenvalue weighted by atomic mass is 16.1. The average Bonchev–Trinajstić information content (AvgIpc) is 3.18. The molecule has 2 atom stereocenters. The first kappa shape index (κ1) is 17.8. The van der Waals surface area contributed by atoms with Crippen LogP contribution in [0.25, 0.3) is 5.52 Å². The number of nitrogens with one attached hydrogen (secondary N) is 1. The zero-order valence-corrected chi connectivity index (χ0v) is 15.5. The van der Waals surface area contributed by atoms with Crippen molar-refractivity contribution < 1.29 is 4.79 Å². The Labute approximate surface area is 162 Å². The summed E-state index contributed by atoms with van der Waals surface area (Å²) >= 11 is 0. The standard InChI is InChI=1S/C20H21N7O/c1-13-12-26(18-5-4-14(9-21)10-23-18)8-6-16(13)25-19-15(20(22)28)11-24-27-7-2-3-17(19)27/h2-5,7,10-11,13,16,25H,6,8,12H2,1H3,(H2,22,28)/t13-,16+/m0/s1. The molecule has 0 aliphatic carbocycles. The first-order valence-corrected chi connectivity index (χ1v) is 9.20. The monoisotopic (exact) mass is 375 g/mol. The molecule has 0 unspecified atom stereocenters. The first-order valence-electron chi connectivity index (χ1n) is 9.20. The molecule has 0 saturated carbocycles. The minimum atomic E-state index is -0.495. The van der Waals surface area contributed by atoms with Gasteiger partial charge in [0.05, 0.1) is 28.5 Å². The number of nitrogens with two attached hydrogens (primary N) is 1. The van der Waals surface area contributed by atoms with Crippen LogP contribution in [-0.4, -0.2) is 39.6 Å². The summed E-state index contributed by atoms with van der Waals surface area (Å²) in [7, 11) is 0. The molecule has 1 aliphatic rings. The van der Waals surface area contributed by atoms with E-state index in [1.54, 1.807) is 16.8 Å². The van der Waals surface area contributed by atoms with Crippen molar-refractivity contribution in [1.29, 1.82) is 5.26 Å². The van der Waals surface area contributed by atoms with E-state index >= 15 is 0 Å². The van der Waals surface area contributed by atoms with E-state index in [1.807, 2.05) is 24.4 Å². The van der Waals surface area contributed by atoms with Gasteiger partial charge in [-0.05, 0) is 36.6 Å². The number of aromatic nitrogens is 3. The highest BCUT2D eigenvalue weighted by molar-refractivity contribution is 6.01. The number of carbonyl (C=O) groups is 1. The van der Waals surface area contributed by atoms with Crippen LogP contribution in [0.5, 0.6) is 0 Å². The fraction of sp³-hybridized carbons (Fsp3) is 0.300. The van der Waals surface area contributed by atoms with Crippen LogP contribution in [-0.2, 0) is 0 Å². The van der Waals surface area contributed by atoms with Crippen molar-refractivity contribution in [3.63, 3.8) is 0 Å². The maximum atomic E-state index is 11.9. The van der Waals surface area contributed by atoms with Crippen LogP contribution in [0.15, 0.2) is 42.9 Å². The van der Waals surface area contributed by atoms with Gasteiger partial charge in [0.2, 0.25) is 0 Å². The second-order valence-electron chi connectivity index (χ2n) is 7.12. The van der Waals surface area contributed by atoms with E-state index in [2.05, 4.69) is 33.3 Å². The number of hydrogen-bond donors (Lipinski definition) is 2. The number of nitrogens with zero attached hydrogens (tertiary/aromatic N) is 5. The van der Waals surface area contributed by atoms with Crippen molar-refractivity contribution in [3.8, 4) is 6.07 Å². The summed E-state index contributed by atoms with van der Waals surface area (Å²) < 4.78 is 1.73. The topological polar surface area (TPSA) is 112 Å². The van der Waals surface area contributed by atoms with Crippen molar-refractivity contribution in [1.82, 2.24) is 14.6 Å². The molecule has 3 N–H and O–H groups in total. The summed E-state index contributed by atoms with van der Waals surface area (Å²) in [5.74, 6) is 0.695. The second-order valence-corrected chi connectivity index (χ2v) is 7.12. The Hall–Kier alpha value is -3.60. The molecule has 0 aromatic carbocycles. The number of amides is 1. The Kier molecular flexibility index (Phi) is 4.57. The number of primary amides is 1. The van der Waals surface area contributed by atoms with Crippen molar-refractivity contribution in [2.45, 2.75) is 19.4 Å². The van der Waals surface area contributed by atoms with Crippen LogP contribution in [0.4, 0.5) is 11.5 Å². The third-order valence-corrected chi connectivity index (χ3v) is 5.27. The quantitative estimate of drug-likeness (QED) is 0.721. The molecular weight excluding hydrogens is 354 g/mol. The molecule has 3 aromatic rings. The summed E-state index contributed by atoms with van der Waals surface area (Å²) in [5.41, 5.74) is 8.09. The van der Waals surface area contributed by atoms with Crippen LogP contribution < -0.4 is 16.0 Å². The van der Waals surface area contributed by atoms with Crippen LogP contribution >= 0.6 is 0 Å². The number of fused-ring (bicyclic) bond motifs is 1.